The summed E-state index contributed by atoms with van der Waals surface area (Å²) in [6.07, 6.45) is 0.715. The summed E-state index contributed by atoms with van der Waals surface area (Å²) in [6, 6.07) is 14.3. The number of ketones is 1. The SMILES string of the molecule is COc1ccc(C(C)(C)C)cc1/C(O)=C1\C(=O)C(=O)N(CCCN(C)C)C1c1ccccc1. The highest BCUT2D eigenvalue weighted by Gasteiger charge is 2.46. The van der Waals surface area contributed by atoms with E-state index in [0.717, 1.165) is 17.7 Å². The number of carbonyl (C=O) groups excluding carboxylic acids is 2. The van der Waals surface area contributed by atoms with Crippen LogP contribution in [0.4, 0.5) is 0 Å². The molecule has 1 amide bonds. The van der Waals surface area contributed by atoms with Crippen molar-refractivity contribution in [3.63, 3.8) is 0 Å². The first-order valence-electron chi connectivity index (χ1n) is 11.2. The summed E-state index contributed by atoms with van der Waals surface area (Å²) in [4.78, 5) is 29.9. The van der Waals surface area contributed by atoms with Crippen molar-refractivity contribution in [2.45, 2.75) is 38.6 Å². The molecule has 0 spiro atoms. The lowest BCUT2D eigenvalue weighted by Gasteiger charge is -2.26. The Balaban J connectivity index is 2.18. The molecule has 0 saturated carbocycles. The molecule has 1 saturated heterocycles. The van der Waals surface area contributed by atoms with Gasteiger partial charge in [0.1, 0.15) is 11.5 Å². The first-order chi connectivity index (χ1) is 15.6. The fourth-order valence-electron chi connectivity index (χ4n) is 4.15. The summed E-state index contributed by atoms with van der Waals surface area (Å²) in [5.41, 5.74) is 2.12. The van der Waals surface area contributed by atoms with E-state index in [2.05, 4.69) is 20.8 Å². The van der Waals surface area contributed by atoms with Crippen molar-refractivity contribution in [1.82, 2.24) is 9.80 Å². The van der Waals surface area contributed by atoms with Crippen molar-refractivity contribution >= 4 is 17.4 Å². The minimum absolute atomic E-state index is 0.0976. The van der Waals surface area contributed by atoms with E-state index in [1.165, 1.54) is 7.11 Å². The molecule has 1 fully saturated rings. The predicted molar refractivity (Wildman–Crippen MR) is 130 cm³/mol. The highest BCUT2D eigenvalue weighted by Crippen LogP contribution is 2.41. The van der Waals surface area contributed by atoms with Gasteiger partial charge in [0.15, 0.2) is 0 Å². The number of rotatable bonds is 7. The Bertz CT molecular complexity index is 1050. The van der Waals surface area contributed by atoms with E-state index in [-0.39, 0.29) is 16.7 Å². The van der Waals surface area contributed by atoms with Crippen LogP contribution in [0.5, 0.6) is 5.75 Å². The van der Waals surface area contributed by atoms with Crippen molar-refractivity contribution in [1.29, 1.82) is 0 Å². The minimum Gasteiger partial charge on any atom is -0.507 e. The van der Waals surface area contributed by atoms with Gasteiger partial charge in [-0.05, 0) is 55.7 Å². The van der Waals surface area contributed by atoms with E-state index in [0.29, 0.717) is 24.3 Å². The maximum Gasteiger partial charge on any atom is 0.295 e. The zero-order valence-corrected chi connectivity index (χ0v) is 20.4. The maximum atomic E-state index is 13.2. The van der Waals surface area contributed by atoms with Gasteiger partial charge in [-0.1, -0.05) is 57.2 Å². The zero-order chi connectivity index (χ0) is 24.3. The first-order valence-corrected chi connectivity index (χ1v) is 11.2. The number of hydrogen-bond acceptors (Lipinski definition) is 5. The zero-order valence-electron chi connectivity index (χ0n) is 20.4. The molecular formula is C27H34N2O4. The number of hydrogen-bond donors (Lipinski definition) is 1. The minimum atomic E-state index is -0.672. The van der Waals surface area contributed by atoms with Crippen LogP contribution in [0.15, 0.2) is 54.1 Å². The van der Waals surface area contributed by atoms with Gasteiger partial charge in [-0.3, -0.25) is 9.59 Å². The average Bonchev–Trinajstić information content (AvgIpc) is 3.03. The van der Waals surface area contributed by atoms with Crippen molar-refractivity contribution in [3.8, 4) is 5.75 Å². The topological polar surface area (TPSA) is 70.1 Å². The molecule has 3 rings (SSSR count). The van der Waals surface area contributed by atoms with Crippen LogP contribution < -0.4 is 4.74 Å². The van der Waals surface area contributed by atoms with E-state index in [4.69, 9.17) is 4.74 Å². The molecule has 0 aromatic heterocycles. The van der Waals surface area contributed by atoms with Gasteiger partial charge < -0.3 is 19.6 Å². The number of benzene rings is 2. The summed E-state index contributed by atoms with van der Waals surface area (Å²) in [6.45, 7) is 7.43. The summed E-state index contributed by atoms with van der Waals surface area (Å²) in [7, 11) is 5.46. The van der Waals surface area contributed by atoms with Gasteiger partial charge in [-0.2, -0.15) is 0 Å². The molecule has 1 aliphatic heterocycles. The van der Waals surface area contributed by atoms with E-state index >= 15 is 0 Å². The van der Waals surface area contributed by atoms with Gasteiger partial charge in [-0.15, -0.1) is 0 Å². The molecule has 0 aliphatic carbocycles. The molecule has 1 N–H and O–H groups in total. The number of methoxy groups -OCH3 is 1. The molecule has 33 heavy (non-hydrogen) atoms. The monoisotopic (exact) mass is 450 g/mol. The Labute approximate surface area is 196 Å². The summed E-state index contributed by atoms with van der Waals surface area (Å²) < 4.78 is 5.51. The largest absolute Gasteiger partial charge is 0.507 e. The number of amides is 1. The van der Waals surface area contributed by atoms with Crippen molar-refractivity contribution in [3.05, 3.63) is 70.8 Å². The Kier molecular flexibility index (Phi) is 7.28. The fraction of sp³-hybridized carbons (Fsp3) is 0.407. The van der Waals surface area contributed by atoms with Gasteiger partial charge in [0.25, 0.3) is 11.7 Å². The summed E-state index contributed by atoms with van der Waals surface area (Å²) in [5, 5.41) is 11.5. The fourth-order valence-corrected chi connectivity index (χ4v) is 4.15. The lowest BCUT2D eigenvalue weighted by Crippen LogP contribution is -2.32. The Morgan fingerprint density at radius 2 is 1.76 bits per heavy atom. The number of nitrogens with zero attached hydrogens (tertiary/aromatic N) is 2. The van der Waals surface area contributed by atoms with Crippen LogP contribution in [0, 0.1) is 0 Å². The molecule has 176 valence electrons. The third-order valence-electron chi connectivity index (χ3n) is 5.98. The van der Waals surface area contributed by atoms with E-state index in [9.17, 15) is 14.7 Å². The normalized spacial score (nSPS) is 18.3. The van der Waals surface area contributed by atoms with Crippen LogP contribution >= 0.6 is 0 Å². The van der Waals surface area contributed by atoms with E-state index in [1.54, 1.807) is 11.0 Å². The molecule has 1 unspecified atom stereocenters. The predicted octanol–water partition coefficient (Wildman–Crippen LogP) is 4.37. The van der Waals surface area contributed by atoms with Crippen molar-refractivity contribution in [2.75, 3.05) is 34.3 Å². The first kappa shape index (κ1) is 24.5. The molecule has 0 bridgehead atoms. The Morgan fingerprint density at radius 1 is 1.09 bits per heavy atom. The second kappa shape index (κ2) is 9.79. The Hall–Kier alpha value is -3.12. The van der Waals surface area contributed by atoms with Gasteiger partial charge in [0.2, 0.25) is 0 Å². The number of ether oxygens (including phenoxy) is 1. The summed E-state index contributed by atoms with van der Waals surface area (Å²) in [5.74, 6) is -1.02. The van der Waals surface area contributed by atoms with Crippen LogP contribution in [-0.4, -0.2) is 60.9 Å². The number of Topliss-reactive ketones (excluding diaryl/α,β-unsaturated/α-hetero) is 1. The molecule has 1 aliphatic rings. The average molecular weight is 451 g/mol. The lowest BCUT2D eigenvalue weighted by molar-refractivity contribution is -0.139. The molecular weight excluding hydrogens is 416 g/mol. The third kappa shape index (κ3) is 5.11. The van der Waals surface area contributed by atoms with Crippen molar-refractivity contribution in [2.24, 2.45) is 0 Å². The maximum absolute atomic E-state index is 13.2. The number of carbonyl (C=O) groups is 2. The molecule has 2 aromatic rings. The molecule has 1 heterocycles. The Morgan fingerprint density at radius 3 is 2.33 bits per heavy atom. The van der Waals surface area contributed by atoms with Gasteiger partial charge in [-0.25, -0.2) is 0 Å². The second-order valence-corrected chi connectivity index (χ2v) is 9.73. The van der Waals surface area contributed by atoms with E-state index < -0.39 is 17.7 Å². The van der Waals surface area contributed by atoms with Gasteiger partial charge in [0.05, 0.1) is 24.3 Å². The highest BCUT2D eigenvalue weighted by molar-refractivity contribution is 6.46. The van der Waals surface area contributed by atoms with Crippen molar-refractivity contribution < 1.29 is 19.4 Å². The second-order valence-electron chi connectivity index (χ2n) is 9.73. The van der Waals surface area contributed by atoms with Crippen LogP contribution in [0.2, 0.25) is 0 Å². The molecule has 2 aromatic carbocycles. The van der Waals surface area contributed by atoms with Gasteiger partial charge >= 0.3 is 0 Å². The van der Waals surface area contributed by atoms with Crippen LogP contribution in [0.1, 0.15) is 49.9 Å². The van der Waals surface area contributed by atoms with Crippen LogP contribution in [0.25, 0.3) is 5.76 Å². The highest BCUT2D eigenvalue weighted by atomic mass is 16.5. The quantitative estimate of drug-likeness (QED) is 0.385. The number of likely N-dealkylation sites (tertiary alicyclic amines) is 1. The third-order valence-corrected chi connectivity index (χ3v) is 5.98. The smallest absolute Gasteiger partial charge is 0.295 e. The van der Waals surface area contributed by atoms with E-state index in [1.807, 2.05) is 61.5 Å². The number of aliphatic hydroxyl groups excluding tert-OH is 1. The molecule has 0 radical (unpaired) electrons. The van der Waals surface area contributed by atoms with Crippen LogP contribution in [-0.2, 0) is 15.0 Å². The summed E-state index contributed by atoms with van der Waals surface area (Å²) >= 11 is 0. The molecule has 6 nitrogen and oxygen atoms in total. The van der Waals surface area contributed by atoms with Gasteiger partial charge in [0, 0.05) is 6.54 Å². The molecule has 1 atom stereocenters. The lowest BCUT2D eigenvalue weighted by atomic mass is 9.85. The number of aliphatic hydroxyl groups is 1. The van der Waals surface area contributed by atoms with Crippen LogP contribution in [0.3, 0.4) is 0 Å². The molecule has 6 heteroatoms. The standard InChI is InChI=1S/C27H34N2O4/c1-27(2,3)19-13-14-21(33-6)20(17-19)24(30)22-23(18-11-8-7-9-12-18)29(26(32)25(22)31)16-10-15-28(4)5/h7-9,11-14,17,23,30H,10,15-16H2,1-6H3/b24-22+.